The lowest BCUT2D eigenvalue weighted by atomic mass is 10.4. The van der Waals surface area contributed by atoms with Crippen molar-refractivity contribution >= 4 is 57.1 Å². The first kappa shape index (κ1) is 12.3. The van der Waals surface area contributed by atoms with Crippen LogP contribution in [-0.4, -0.2) is 9.55 Å². The lowest BCUT2D eigenvalue weighted by Crippen LogP contribution is -2.23. The Labute approximate surface area is 119 Å². The highest BCUT2D eigenvalue weighted by molar-refractivity contribution is 14.1. The van der Waals surface area contributed by atoms with Crippen LogP contribution in [0.4, 0.5) is 0 Å². The van der Waals surface area contributed by atoms with Gasteiger partial charge >= 0.3 is 0 Å². The molecule has 16 heavy (non-hydrogen) atoms. The van der Waals surface area contributed by atoms with Crippen molar-refractivity contribution in [2.75, 3.05) is 0 Å². The van der Waals surface area contributed by atoms with Crippen molar-refractivity contribution in [3.05, 3.63) is 46.8 Å². The number of hydrogen-bond acceptors (Lipinski definition) is 3. The predicted molar refractivity (Wildman–Crippen MR) is 74.7 cm³/mol. The summed E-state index contributed by atoms with van der Waals surface area (Å²) >= 11 is 14.9. The molecular formula is C9H5Cl2IN2OS. The summed E-state index contributed by atoms with van der Waals surface area (Å²) in [5.74, 6) is 0. The monoisotopic (exact) mass is 386 g/mol. The third-order valence-electron chi connectivity index (χ3n) is 1.90. The number of rotatable bonds is 2. The Balaban J connectivity index is 2.36. The van der Waals surface area contributed by atoms with Crippen LogP contribution in [-0.2, 0) is 6.54 Å². The van der Waals surface area contributed by atoms with Gasteiger partial charge in [0.05, 0.1) is 17.2 Å². The molecule has 0 saturated carbocycles. The van der Waals surface area contributed by atoms with Crippen molar-refractivity contribution in [1.82, 2.24) is 9.55 Å². The maximum atomic E-state index is 11.8. The molecule has 0 aliphatic rings. The summed E-state index contributed by atoms with van der Waals surface area (Å²) < 4.78 is 2.65. The summed E-state index contributed by atoms with van der Waals surface area (Å²) in [4.78, 5) is 16.7. The van der Waals surface area contributed by atoms with Crippen molar-refractivity contribution in [1.29, 1.82) is 0 Å². The molecule has 7 heteroatoms. The highest BCUT2D eigenvalue weighted by atomic mass is 127. The van der Waals surface area contributed by atoms with E-state index in [1.165, 1.54) is 22.2 Å². The van der Waals surface area contributed by atoms with Gasteiger partial charge in [0.2, 0.25) is 0 Å². The van der Waals surface area contributed by atoms with Crippen LogP contribution in [0.1, 0.15) is 4.88 Å². The van der Waals surface area contributed by atoms with E-state index >= 15 is 0 Å². The molecule has 0 bridgehead atoms. The molecule has 2 aromatic rings. The molecule has 0 unspecified atom stereocenters. The number of aromatic nitrogens is 2. The van der Waals surface area contributed by atoms with Crippen LogP contribution in [0, 0.1) is 3.57 Å². The first-order valence-corrected chi connectivity index (χ1v) is 6.87. The Bertz CT molecular complexity index is 581. The Hall–Kier alpha value is -0.110. The van der Waals surface area contributed by atoms with Gasteiger partial charge < -0.3 is 0 Å². The van der Waals surface area contributed by atoms with Gasteiger partial charge in [-0.1, -0.05) is 23.2 Å². The van der Waals surface area contributed by atoms with Gasteiger partial charge in [-0.2, -0.15) is 0 Å². The molecule has 0 amide bonds. The zero-order chi connectivity index (χ0) is 11.7. The van der Waals surface area contributed by atoms with Crippen molar-refractivity contribution in [2.24, 2.45) is 0 Å². The van der Waals surface area contributed by atoms with E-state index in [-0.39, 0.29) is 10.7 Å². The summed E-state index contributed by atoms with van der Waals surface area (Å²) in [6, 6.07) is 3.70. The summed E-state index contributed by atoms with van der Waals surface area (Å²) in [6.45, 7) is 0.469. The van der Waals surface area contributed by atoms with Gasteiger partial charge in [0.25, 0.3) is 5.56 Å². The molecule has 0 aliphatic heterocycles. The van der Waals surface area contributed by atoms with Crippen LogP contribution in [0.2, 0.25) is 9.49 Å². The molecule has 2 aromatic heterocycles. The minimum atomic E-state index is -0.134. The third-order valence-corrected chi connectivity index (χ3v) is 4.69. The molecule has 0 N–H and O–H groups in total. The van der Waals surface area contributed by atoms with E-state index in [1.54, 1.807) is 6.07 Å². The lowest BCUT2D eigenvalue weighted by Gasteiger charge is -2.03. The fraction of sp³-hybridized carbons (Fsp3) is 0.111. The molecule has 3 nitrogen and oxygen atoms in total. The SMILES string of the molecule is O=c1c(I)c(Cl)ncn1Cc1ccc(Cl)s1. The van der Waals surface area contributed by atoms with E-state index in [0.717, 1.165) is 4.88 Å². The second kappa shape index (κ2) is 5.03. The van der Waals surface area contributed by atoms with E-state index in [1.807, 2.05) is 28.7 Å². The minimum Gasteiger partial charge on any atom is -0.293 e. The smallest absolute Gasteiger partial charge is 0.268 e. The quantitative estimate of drug-likeness (QED) is 0.586. The first-order chi connectivity index (χ1) is 7.58. The van der Waals surface area contributed by atoms with Crippen LogP contribution < -0.4 is 5.56 Å². The average Bonchev–Trinajstić information content (AvgIpc) is 2.65. The molecule has 84 valence electrons. The topological polar surface area (TPSA) is 34.9 Å². The fourth-order valence-electron chi connectivity index (χ4n) is 1.16. The Morgan fingerprint density at radius 1 is 1.44 bits per heavy atom. The van der Waals surface area contributed by atoms with Crippen LogP contribution in [0.3, 0.4) is 0 Å². The van der Waals surface area contributed by atoms with Crippen molar-refractivity contribution in [2.45, 2.75) is 6.54 Å². The Morgan fingerprint density at radius 2 is 2.19 bits per heavy atom. The van der Waals surface area contributed by atoms with Gasteiger partial charge in [0.1, 0.15) is 8.72 Å². The molecule has 2 heterocycles. The predicted octanol–water partition coefficient (Wildman–Crippen LogP) is 3.26. The normalized spacial score (nSPS) is 10.7. The molecular weight excluding hydrogens is 382 g/mol. The largest absolute Gasteiger partial charge is 0.293 e. The van der Waals surface area contributed by atoms with E-state index < -0.39 is 0 Å². The molecule has 0 radical (unpaired) electrons. The number of hydrogen-bond donors (Lipinski definition) is 0. The summed E-state index contributed by atoms with van der Waals surface area (Å²) in [5.41, 5.74) is -0.134. The van der Waals surface area contributed by atoms with Gasteiger partial charge in [-0.3, -0.25) is 9.36 Å². The fourth-order valence-corrected chi connectivity index (χ4v) is 2.82. The molecule has 0 saturated heterocycles. The highest BCUT2D eigenvalue weighted by Crippen LogP contribution is 2.21. The summed E-state index contributed by atoms with van der Waals surface area (Å²) in [6.07, 6.45) is 1.44. The second-order valence-corrected chi connectivity index (χ2v) is 6.22. The van der Waals surface area contributed by atoms with E-state index in [2.05, 4.69) is 4.98 Å². The van der Waals surface area contributed by atoms with Gasteiger partial charge in [-0.15, -0.1) is 11.3 Å². The van der Waals surface area contributed by atoms with Crippen molar-refractivity contribution in [3.63, 3.8) is 0 Å². The number of halogens is 3. The van der Waals surface area contributed by atoms with Gasteiger partial charge in [-0.05, 0) is 34.7 Å². The van der Waals surface area contributed by atoms with Crippen LogP contribution >= 0.6 is 57.1 Å². The Morgan fingerprint density at radius 3 is 2.81 bits per heavy atom. The van der Waals surface area contributed by atoms with Crippen molar-refractivity contribution < 1.29 is 0 Å². The molecule has 0 spiro atoms. The van der Waals surface area contributed by atoms with Gasteiger partial charge in [-0.25, -0.2) is 4.98 Å². The van der Waals surface area contributed by atoms with Gasteiger partial charge in [0, 0.05) is 4.88 Å². The maximum Gasteiger partial charge on any atom is 0.268 e. The van der Waals surface area contributed by atoms with Crippen LogP contribution in [0.5, 0.6) is 0 Å². The molecule has 0 atom stereocenters. The third kappa shape index (κ3) is 2.58. The second-order valence-electron chi connectivity index (χ2n) is 2.99. The van der Waals surface area contributed by atoms with Crippen LogP contribution in [0.15, 0.2) is 23.3 Å². The number of nitrogens with zero attached hydrogens (tertiary/aromatic N) is 2. The average molecular weight is 387 g/mol. The van der Waals surface area contributed by atoms with E-state index in [0.29, 0.717) is 14.5 Å². The van der Waals surface area contributed by atoms with E-state index in [4.69, 9.17) is 23.2 Å². The summed E-state index contributed by atoms with van der Waals surface area (Å²) in [5, 5.41) is 0.242. The molecule has 2 rings (SSSR count). The molecule has 0 aromatic carbocycles. The van der Waals surface area contributed by atoms with Crippen molar-refractivity contribution in [3.8, 4) is 0 Å². The molecule has 0 fully saturated rings. The molecule has 0 aliphatic carbocycles. The minimum absolute atomic E-state index is 0.134. The van der Waals surface area contributed by atoms with E-state index in [9.17, 15) is 4.79 Å². The first-order valence-electron chi connectivity index (χ1n) is 4.22. The zero-order valence-electron chi connectivity index (χ0n) is 7.78. The maximum absolute atomic E-state index is 11.8. The number of thiophene rings is 1. The lowest BCUT2D eigenvalue weighted by molar-refractivity contribution is 0.739. The summed E-state index contributed by atoms with van der Waals surface area (Å²) in [7, 11) is 0. The standard InChI is InChI=1S/C9H5Cl2IN2OS/c10-6-2-1-5(16-6)3-14-4-13-8(11)7(12)9(14)15/h1-2,4H,3H2. The highest BCUT2D eigenvalue weighted by Gasteiger charge is 2.08. The Kier molecular flexibility index (Phi) is 3.89. The van der Waals surface area contributed by atoms with Crippen LogP contribution in [0.25, 0.3) is 0 Å². The zero-order valence-corrected chi connectivity index (χ0v) is 12.3. The van der Waals surface area contributed by atoms with Gasteiger partial charge in [0.15, 0.2) is 0 Å².